The second kappa shape index (κ2) is 5.70. The Balaban J connectivity index is 1.84. The second-order valence-corrected chi connectivity index (χ2v) is 8.22. The fourth-order valence-corrected chi connectivity index (χ4v) is 4.12. The van der Waals surface area contributed by atoms with Crippen LogP contribution in [-0.4, -0.2) is 36.6 Å². The van der Waals surface area contributed by atoms with Gasteiger partial charge in [0.1, 0.15) is 0 Å². The Hall–Kier alpha value is -0.920. The molecule has 1 aromatic heterocycles. The van der Waals surface area contributed by atoms with Gasteiger partial charge in [0.05, 0.1) is 17.8 Å². The topological polar surface area (TPSA) is 67.2 Å². The molecule has 0 spiro atoms. The third-order valence-electron chi connectivity index (χ3n) is 4.58. The maximum atomic E-state index is 12.1. The largest absolute Gasteiger partial charge is 0.279 e. The number of hydrogen-bond acceptors (Lipinski definition) is 3. The van der Waals surface area contributed by atoms with Gasteiger partial charge >= 0.3 is 0 Å². The highest BCUT2D eigenvalue weighted by atomic mass is 32.2. The number of nitrogens with one attached hydrogen (secondary N) is 1. The predicted octanol–water partition coefficient (Wildman–Crippen LogP) is 1.77. The maximum absolute atomic E-state index is 12.1. The van der Waals surface area contributed by atoms with Crippen molar-refractivity contribution in [3.8, 4) is 0 Å². The molecular formula is C14H24N4O2S. The van der Waals surface area contributed by atoms with E-state index >= 15 is 0 Å². The summed E-state index contributed by atoms with van der Waals surface area (Å²) in [5.74, 6) is 0. The molecule has 2 aliphatic carbocycles. The summed E-state index contributed by atoms with van der Waals surface area (Å²) < 4.78 is 30.2. The minimum Gasteiger partial charge on any atom is -0.269 e. The van der Waals surface area contributed by atoms with Crippen LogP contribution in [0, 0.1) is 0 Å². The van der Waals surface area contributed by atoms with Crippen LogP contribution < -0.4 is 4.72 Å². The van der Waals surface area contributed by atoms with Crippen molar-refractivity contribution >= 4 is 10.2 Å². The third-order valence-corrected chi connectivity index (χ3v) is 6.12. The van der Waals surface area contributed by atoms with Gasteiger partial charge in [0, 0.05) is 20.3 Å². The van der Waals surface area contributed by atoms with Crippen LogP contribution in [-0.2, 0) is 16.6 Å². The standard InChI is InChI=1S/C14H24N4O2S/c1-17(2)21(19,20)16-13-9-5-6-11-10-18(15-14(11)13)12-7-3-4-8-12/h10,12-13,16H,3-9H2,1-2H3. The third kappa shape index (κ3) is 3.00. The fraction of sp³-hybridized carbons (Fsp3) is 0.786. The second-order valence-electron chi connectivity index (χ2n) is 6.31. The first-order valence-electron chi connectivity index (χ1n) is 7.75. The summed E-state index contributed by atoms with van der Waals surface area (Å²) in [6, 6.07) is 0.311. The SMILES string of the molecule is CN(C)S(=O)(=O)NC1CCCc2cn(C3CCCC3)nc21. The van der Waals surface area contributed by atoms with Crippen LogP contribution in [0.3, 0.4) is 0 Å². The van der Waals surface area contributed by atoms with Crippen LogP contribution in [0.4, 0.5) is 0 Å². The molecule has 1 aromatic rings. The molecule has 6 nitrogen and oxygen atoms in total. The van der Waals surface area contributed by atoms with Crippen molar-refractivity contribution in [2.45, 2.75) is 57.0 Å². The van der Waals surface area contributed by atoms with Crippen molar-refractivity contribution < 1.29 is 8.42 Å². The van der Waals surface area contributed by atoms with Gasteiger partial charge in [-0.05, 0) is 37.7 Å². The monoisotopic (exact) mass is 312 g/mol. The van der Waals surface area contributed by atoms with Gasteiger partial charge in [-0.25, -0.2) is 0 Å². The molecule has 0 saturated heterocycles. The molecule has 1 unspecified atom stereocenters. The van der Waals surface area contributed by atoms with E-state index in [1.165, 1.54) is 35.6 Å². The van der Waals surface area contributed by atoms with Crippen molar-refractivity contribution in [3.63, 3.8) is 0 Å². The summed E-state index contributed by atoms with van der Waals surface area (Å²) in [5, 5.41) is 4.73. The summed E-state index contributed by atoms with van der Waals surface area (Å²) in [6.07, 6.45) is 9.89. The minimum atomic E-state index is -3.42. The van der Waals surface area contributed by atoms with Crippen LogP contribution in [0.25, 0.3) is 0 Å². The van der Waals surface area contributed by atoms with Crippen LogP contribution >= 0.6 is 0 Å². The average Bonchev–Trinajstić information content (AvgIpc) is 3.07. The van der Waals surface area contributed by atoms with Gasteiger partial charge in [0.2, 0.25) is 0 Å². The molecule has 0 bridgehead atoms. The van der Waals surface area contributed by atoms with Gasteiger partial charge in [-0.2, -0.15) is 22.5 Å². The average molecular weight is 312 g/mol. The van der Waals surface area contributed by atoms with Gasteiger partial charge in [-0.3, -0.25) is 4.68 Å². The van der Waals surface area contributed by atoms with Gasteiger partial charge in [-0.1, -0.05) is 12.8 Å². The van der Waals surface area contributed by atoms with Crippen molar-refractivity contribution in [2.75, 3.05) is 14.1 Å². The predicted molar refractivity (Wildman–Crippen MR) is 81.2 cm³/mol. The number of aryl methyl sites for hydroxylation is 1. The van der Waals surface area contributed by atoms with Crippen LogP contribution in [0.5, 0.6) is 0 Å². The molecule has 2 aliphatic rings. The molecule has 0 aliphatic heterocycles. The Labute approximate surface area is 126 Å². The van der Waals surface area contributed by atoms with E-state index in [9.17, 15) is 8.42 Å². The summed E-state index contributed by atoms with van der Waals surface area (Å²) in [6.45, 7) is 0. The zero-order valence-electron chi connectivity index (χ0n) is 12.7. The van der Waals surface area contributed by atoms with Crippen molar-refractivity contribution in [2.24, 2.45) is 0 Å². The van der Waals surface area contributed by atoms with E-state index in [0.717, 1.165) is 25.0 Å². The lowest BCUT2D eigenvalue weighted by Crippen LogP contribution is -2.39. The van der Waals surface area contributed by atoms with Gasteiger partial charge in [0.25, 0.3) is 10.2 Å². The highest BCUT2D eigenvalue weighted by Gasteiger charge is 2.30. The summed E-state index contributed by atoms with van der Waals surface area (Å²) in [5.41, 5.74) is 2.14. The molecule has 7 heteroatoms. The lowest BCUT2D eigenvalue weighted by Gasteiger charge is -2.23. The van der Waals surface area contributed by atoms with Crippen LogP contribution in [0.2, 0.25) is 0 Å². The first-order valence-corrected chi connectivity index (χ1v) is 9.19. The number of fused-ring (bicyclic) bond motifs is 1. The van der Waals surface area contributed by atoms with Gasteiger partial charge in [-0.15, -0.1) is 0 Å². The molecule has 3 rings (SSSR count). The molecule has 21 heavy (non-hydrogen) atoms. The Bertz CT molecular complexity index is 602. The molecule has 0 aromatic carbocycles. The minimum absolute atomic E-state index is 0.191. The number of nitrogens with zero attached hydrogens (tertiary/aromatic N) is 3. The Morgan fingerprint density at radius 3 is 2.62 bits per heavy atom. The molecule has 1 fully saturated rings. The Kier molecular flexibility index (Phi) is 4.07. The lowest BCUT2D eigenvalue weighted by atomic mass is 9.94. The molecule has 0 amide bonds. The molecule has 1 N–H and O–H groups in total. The van der Waals surface area contributed by atoms with E-state index in [4.69, 9.17) is 5.10 Å². The molecular weight excluding hydrogens is 288 g/mol. The Morgan fingerprint density at radius 2 is 1.95 bits per heavy atom. The molecule has 1 saturated carbocycles. The summed E-state index contributed by atoms with van der Waals surface area (Å²) in [4.78, 5) is 0. The normalized spacial score (nSPS) is 23.7. The Morgan fingerprint density at radius 1 is 1.24 bits per heavy atom. The van der Waals surface area contributed by atoms with Crippen molar-refractivity contribution in [1.82, 2.24) is 18.8 Å². The van der Waals surface area contributed by atoms with Crippen LogP contribution in [0.1, 0.15) is 61.9 Å². The summed E-state index contributed by atoms with van der Waals surface area (Å²) >= 11 is 0. The number of rotatable bonds is 4. The van der Waals surface area contributed by atoms with E-state index in [-0.39, 0.29) is 6.04 Å². The number of hydrogen-bond donors (Lipinski definition) is 1. The smallest absolute Gasteiger partial charge is 0.269 e. The molecule has 118 valence electrons. The highest BCUT2D eigenvalue weighted by Crippen LogP contribution is 2.34. The highest BCUT2D eigenvalue weighted by molar-refractivity contribution is 7.87. The first-order chi connectivity index (χ1) is 9.97. The maximum Gasteiger partial charge on any atom is 0.279 e. The number of aromatic nitrogens is 2. The summed E-state index contributed by atoms with van der Waals surface area (Å²) in [7, 11) is -0.327. The van der Waals surface area contributed by atoms with Gasteiger partial charge in [0.15, 0.2) is 0 Å². The molecule has 1 atom stereocenters. The zero-order valence-corrected chi connectivity index (χ0v) is 13.6. The van der Waals surface area contributed by atoms with E-state index in [1.807, 2.05) is 0 Å². The van der Waals surface area contributed by atoms with E-state index in [1.54, 1.807) is 14.1 Å². The quantitative estimate of drug-likeness (QED) is 0.921. The zero-order chi connectivity index (χ0) is 15.0. The van der Waals surface area contributed by atoms with E-state index in [0.29, 0.717) is 6.04 Å². The molecule has 1 heterocycles. The molecule has 0 radical (unpaired) electrons. The lowest BCUT2D eigenvalue weighted by molar-refractivity contribution is 0.440. The van der Waals surface area contributed by atoms with Crippen molar-refractivity contribution in [1.29, 1.82) is 0 Å². The van der Waals surface area contributed by atoms with Crippen LogP contribution in [0.15, 0.2) is 6.20 Å². The fourth-order valence-electron chi connectivity index (χ4n) is 3.32. The van der Waals surface area contributed by atoms with E-state index < -0.39 is 10.2 Å². The van der Waals surface area contributed by atoms with E-state index in [2.05, 4.69) is 15.6 Å². The first kappa shape index (κ1) is 15.0. The van der Waals surface area contributed by atoms with Gasteiger partial charge < -0.3 is 0 Å². The van der Waals surface area contributed by atoms with Crippen molar-refractivity contribution in [3.05, 3.63) is 17.5 Å².